The van der Waals surface area contributed by atoms with Crippen LogP contribution in [0.2, 0.25) is 0 Å². The van der Waals surface area contributed by atoms with Gasteiger partial charge in [-0.25, -0.2) is 0 Å². The van der Waals surface area contributed by atoms with Gasteiger partial charge < -0.3 is 15.1 Å². The van der Waals surface area contributed by atoms with E-state index in [-0.39, 0.29) is 24.0 Å². The number of benzene rings is 1. The molecular formula is C23H35IN4OS. The maximum Gasteiger partial charge on any atom is 0.191 e. The normalized spacial score (nSPS) is 15.6. The fourth-order valence-electron chi connectivity index (χ4n) is 3.62. The minimum atomic E-state index is 0. The van der Waals surface area contributed by atoms with E-state index in [1.807, 2.05) is 23.9 Å². The minimum Gasteiger partial charge on any atom is -0.469 e. The molecular weight excluding hydrogens is 507 g/mol. The molecule has 7 heteroatoms. The van der Waals surface area contributed by atoms with E-state index in [2.05, 4.69) is 53.0 Å². The van der Waals surface area contributed by atoms with Crippen LogP contribution < -0.4 is 10.6 Å². The zero-order valence-electron chi connectivity index (χ0n) is 18.1. The van der Waals surface area contributed by atoms with E-state index >= 15 is 0 Å². The van der Waals surface area contributed by atoms with Crippen LogP contribution in [-0.2, 0) is 13.0 Å². The van der Waals surface area contributed by atoms with E-state index in [0.717, 1.165) is 69.5 Å². The predicted octanol–water partition coefficient (Wildman–Crippen LogP) is 4.31. The average Bonchev–Trinajstić information content (AvgIpc) is 3.25. The highest BCUT2D eigenvalue weighted by Gasteiger charge is 2.20. The molecule has 0 atom stereocenters. The molecule has 2 N–H and O–H groups in total. The molecule has 1 aliphatic rings. The lowest BCUT2D eigenvalue weighted by Crippen LogP contribution is -2.49. The number of rotatable bonds is 9. The number of guanidine groups is 1. The van der Waals surface area contributed by atoms with Crippen molar-refractivity contribution in [3.05, 3.63) is 59.5 Å². The third kappa shape index (κ3) is 8.51. The number of nitrogens with one attached hydrogen (secondary N) is 2. The molecule has 2 aromatic rings. The zero-order valence-corrected chi connectivity index (χ0v) is 21.2. The highest BCUT2D eigenvalue weighted by Crippen LogP contribution is 2.16. The van der Waals surface area contributed by atoms with Crippen molar-refractivity contribution < 1.29 is 4.42 Å². The van der Waals surface area contributed by atoms with Gasteiger partial charge in [0, 0.05) is 44.4 Å². The number of thioether (sulfide) groups is 1. The Hall–Kier alpha value is -1.19. The van der Waals surface area contributed by atoms with Gasteiger partial charge in [0.15, 0.2) is 5.96 Å². The highest BCUT2D eigenvalue weighted by molar-refractivity contribution is 14.0. The molecule has 3 rings (SSSR count). The summed E-state index contributed by atoms with van der Waals surface area (Å²) in [7, 11) is 0. The van der Waals surface area contributed by atoms with Gasteiger partial charge in [0.25, 0.3) is 0 Å². The topological polar surface area (TPSA) is 52.8 Å². The first kappa shape index (κ1) is 25.1. The first-order valence-electron chi connectivity index (χ1n) is 10.6. The summed E-state index contributed by atoms with van der Waals surface area (Å²) in [6.07, 6.45) is 7.01. The number of halogens is 1. The van der Waals surface area contributed by atoms with Crippen LogP contribution in [0.25, 0.3) is 0 Å². The smallest absolute Gasteiger partial charge is 0.191 e. The van der Waals surface area contributed by atoms with Crippen LogP contribution in [-0.4, -0.2) is 55.1 Å². The molecule has 0 spiro atoms. The Morgan fingerprint density at radius 2 is 2.00 bits per heavy atom. The summed E-state index contributed by atoms with van der Waals surface area (Å²) >= 11 is 1.83. The lowest BCUT2D eigenvalue weighted by atomic mass is 10.0. The molecule has 0 aliphatic carbocycles. The fraction of sp³-hybridized carbons (Fsp3) is 0.522. The van der Waals surface area contributed by atoms with E-state index in [0.29, 0.717) is 6.04 Å². The summed E-state index contributed by atoms with van der Waals surface area (Å²) in [5.74, 6) is 2.98. The Kier molecular flexibility index (Phi) is 11.7. The largest absolute Gasteiger partial charge is 0.469 e. The summed E-state index contributed by atoms with van der Waals surface area (Å²) in [5, 5.41) is 7.14. The molecule has 166 valence electrons. The summed E-state index contributed by atoms with van der Waals surface area (Å²) in [5.41, 5.74) is 2.83. The molecule has 2 heterocycles. The Labute approximate surface area is 202 Å². The summed E-state index contributed by atoms with van der Waals surface area (Å²) in [6.45, 7) is 7.16. The maximum atomic E-state index is 5.42. The third-order valence-electron chi connectivity index (χ3n) is 5.39. The quantitative estimate of drug-likeness (QED) is 0.214. The maximum absolute atomic E-state index is 5.42. The van der Waals surface area contributed by atoms with Crippen LogP contribution >= 0.6 is 35.7 Å². The van der Waals surface area contributed by atoms with Crippen LogP contribution in [0.1, 0.15) is 29.7 Å². The molecule has 1 aliphatic heterocycles. The second kappa shape index (κ2) is 14.0. The molecule has 0 saturated carbocycles. The predicted molar refractivity (Wildman–Crippen MR) is 139 cm³/mol. The monoisotopic (exact) mass is 542 g/mol. The third-order valence-corrected chi connectivity index (χ3v) is 5.98. The lowest BCUT2D eigenvalue weighted by molar-refractivity contribution is 0.198. The van der Waals surface area contributed by atoms with Crippen molar-refractivity contribution >= 4 is 41.7 Å². The Bertz CT molecular complexity index is 745. The molecule has 0 amide bonds. The fourth-order valence-corrected chi connectivity index (χ4v) is 3.89. The number of aliphatic imine (C=N–C) groups is 1. The van der Waals surface area contributed by atoms with Crippen LogP contribution in [0.15, 0.2) is 52.1 Å². The number of hydrogen-bond donors (Lipinski definition) is 2. The molecule has 0 radical (unpaired) electrons. The molecule has 0 unspecified atom stereocenters. The van der Waals surface area contributed by atoms with Crippen LogP contribution in [0, 0.1) is 6.92 Å². The molecule has 0 bridgehead atoms. The molecule has 1 aromatic carbocycles. The van der Waals surface area contributed by atoms with E-state index in [1.165, 1.54) is 11.1 Å². The lowest BCUT2D eigenvalue weighted by Gasteiger charge is -2.33. The van der Waals surface area contributed by atoms with Gasteiger partial charge in [0.1, 0.15) is 5.76 Å². The van der Waals surface area contributed by atoms with E-state index in [1.54, 1.807) is 6.26 Å². The van der Waals surface area contributed by atoms with Gasteiger partial charge in [-0.3, -0.25) is 9.89 Å². The van der Waals surface area contributed by atoms with Crippen LogP contribution in [0.5, 0.6) is 0 Å². The Morgan fingerprint density at radius 1 is 1.20 bits per heavy atom. The number of nitrogens with zero attached hydrogens (tertiary/aromatic N) is 2. The molecule has 1 aromatic heterocycles. The summed E-state index contributed by atoms with van der Waals surface area (Å²) < 4.78 is 5.42. The van der Waals surface area contributed by atoms with Crippen molar-refractivity contribution in [2.75, 3.05) is 38.2 Å². The van der Waals surface area contributed by atoms with Gasteiger partial charge in [0.2, 0.25) is 0 Å². The van der Waals surface area contributed by atoms with Crippen molar-refractivity contribution in [2.45, 2.75) is 38.8 Å². The molecule has 1 saturated heterocycles. The second-order valence-corrected chi connectivity index (χ2v) is 8.59. The summed E-state index contributed by atoms with van der Waals surface area (Å²) in [6, 6.07) is 13.1. The Morgan fingerprint density at radius 3 is 2.70 bits per heavy atom. The first-order valence-corrected chi connectivity index (χ1v) is 12.0. The zero-order chi connectivity index (χ0) is 20.3. The molecule has 1 fully saturated rings. The van der Waals surface area contributed by atoms with Crippen molar-refractivity contribution in [3.63, 3.8) is 0 Å². The number of aryl methyl sites for hydroxylation is 1. The minimum absolute atomic E-state index is 0. The van der Waals surface area contributed by atoms with Gasteiger partial charge in [-0.1, -0.05) is 24.3 Å². The van der Waals surface area contributed by atoms with Crippen molar-refractivity contribution in [1.29, 1.82) is 0 Å². The number of likely N-dealkylation sites (tertiary alicyclic amines) is 1. The Balaban J connectivity index is 0.00000320. The number of hydrogen-bond acceptors (Lipinski definition) is 4. The first-order chi connectivity index (χ1) is 14.2. The van der Waals surface area contributed by atoms with E-state index < -0.39 is 0 Å². The van der Waals surface area contributed by atoms with Gasteiger partial charge in [-0.2, -0.15) is 11.8 Å². The van der Waals surface area contributed by atoms with Crippen molar-refractivity contribution in [3.8, 4) is 0 Å². The summed E-state index contributed by atoms with van der Waals surface area (Å²) in [4.78, 5) is 7.32. The number of piperidine rings is 1. The highest BCUT2D eigenvalue weighted by atomic mass is 127. The average molecular weight is 543 g/mol. The van der Waals surface area contributed by atoms with E-state index in [9.17, 15) is 0 Å². The van der Waals surface area contributed by atoms with Gasteiger partial charge in [0.05, 0.1) is 12.8 Å². The SMILES string of the molecule is CSCCN=C(NCCc1ccco1)NC1CCN(Cc2ccccc2C)CC1.I. The van der Waals surface area contributed by atoms with Crippen LogP contribution in [0.4, 0.5) is 0 Å². The van der Waals surface area contributed by atoms with E-state index in [4.69, 9.17) is 9.41 Å². The van der Waals surface area contributed by atoms with Gasteiger partial charge in [-0.05, 0) is 49.3 Å². The second-order valence-electron chi connectivity index (χ2n) is 7.60. The van der Waals surface area contributed by atoms with Gasteiger partial charge >= 0.3 is 0 Å². The number of furan rings is 1. The van der Waals surface area contributed by atoms with Crippen molar-refractivity contribution in [2.24, 2.45) is 4.99 Å². The molecule has 5 nitrogen and oxygen atoms in total. The van der Waals surface area contributed by atoms with Crippen molar-refractivity contribution in [1.82, 2.24) is 15.5 Å². The standard InChI is InChI=1S/C23H34N4OS.HI/c1-19-6-3-4-7-20(19)18-27-14-10-21(11-15-27)26-23(25-13-17-29-2)24-12-9-22-8-5-16-28-22;/h3-8,16,21H,9-15,17-18H2,1-2H3,(H2,24,25,26);1H. The van der Waals surface area contributed by atoms with Gasteiger partial charge in [-0.15, -0.1) is 24.0 Å². The van der Waals surface area contributed by atoms with Crippen LogP contribution in [0.3, 0.4) is 0 Å². The molecule has 30 heavy (non-hydrogen) atoms.